The van der Waals surface area contributed by atoms with Gasteiger partial charge in [-0.05, 0) is 31.6 Å². The van der Waals surface area contributed by atoms with Crippen LogP contribution in [0.3, 0.4) is 0 Å². The molecule has 2 atom stereocenters. The van der Waals surface area contributed by atoms with Crippen molar-refractivity contribution >= 4 is 0 Å². The Bertz CT molecular complexity index is 111. The van der Waals surface area contributed by atoms with Gasteiger partial charge in [0, 0.05) is 19.8 Å². The molecule has 2 rings (SSSR count). The Balaban J connectivity index is 1.93. The van der Waals surface area contributed by atoms with E-state index in [1.54, 1.807) is 0 Å². The van der Waals surface area contributed by atoms with Gasteiger partial charge in [-0.1, -0.05) is 0 Å². The first kappa shape index (κ1) is 7.56. The van der Waals surface area contributed by atoms with E-state index in [9.17, 15) is 0 Å². The van der Waals surface area contributed by atoms with Crippen LogP contribution in [0.5, 0.6) is 0 Å². The zero-order valence-electron chi connectivity index (χ0n) is 6.92. The van der Waals surface area contributed by atoms with Crippen molar-refractivity contribution in [3.63, 3.8) is 0 Å². The summed E-state index contributed by atoms with van der Waals surface area (Å²) >= 11 is 0. The number of rotatable bonds is 0. The fraction of sp³-hybridized carbons (Fsp3) is 1.00. The molecule has 0 aromatic carbocycles. The van der Waals surface area contributed by atoms with Gasteiger partial charge in [0.25, 0.3) is 0 Å². The van der Waals surface area contributed by atoms with E-state index >= 15 is 0 Å². The summed E-state index contributed by atoms with van der Waals surface area (Å²) in [6.45, 7) is 2.83. The summed E-state index contributed by atoms with van der Waals surface area (Å²) in [5, 5.41) is 0. The van der Waals surface area contributed by atoms with Crippen molar-refractivity contribution < 1.29 is 9.47 Å². The van der Waals surface area contributed by atoms with E-state index in [4.69, 9.17) is 9.47 Å². The minimum absolute atomic E-state index is 0.520. The van der Waals surface area contributed by atoms with Gasteiger partial charge in [-0.2, -0.15) is 0 Å². The molecule has 2 aliphatic heterocycles. The third-order valence-electron chi connectivity index (χ3n) is 2.76. The lowest BCUT2D eigenvalue weighted by atomic mass is 9.90. The van der Waals surface area contributed by atoms with Crippen molar-refractivity contribution in [2.45, 2.75) is 31.8 Å². The molecule has 2 aliphatic rings. The van der Waals surface area contributed by atoms with Crippen LogP contribution >= 0.6 is 0 Å². The largest absolute Gasteiger partial charge is 0.381 e. The molecule has 2 saturated heterocycles. The molecule has 2 unspecified atom stereocenters. The maximum absolute atomic E-state index is 5.68. The summed E-state index contributed by atoms with van der Waals surface area (Å²) in [5.74, 6) is 0.797. The van der Waals surface area contributed by atoms with Gasteiger partial charge in [0.2, 0.25) is 0 Å². The molecule has 0 radical (unpaired) electrons. The fourth-order valence-electron chi connectivity index (χ4n) is 2.09. The maximum Gasteiger partial charge on any atom is 0.0626 e. The van der Waals surface area contributed by atoms with E-state index in [2.05, 4.69) is 0 Å². The van der Waals surface area contributed by atoms with Gasteiger partial charge in [-0.15, -0.1) is 0 Å². The van der Waals surface area contributed by atoms with Crippen LogP contribution in [-0.4, -0.2) is 25.9 Å². The number of fused-ring (bicyclic) bond motifs is 1. The first-order chi connectivity index (χ1) is 5.47. The van der Waals surface area contributed by atoms with Crippen molar-refractivity contribution in [2.75, 3.05) is 19.8 Å². The van der Waals surface area contributed by atoms with E-state index in [0.717, 1.165) is 32.2 Å². The molecule has 0 N–H and O–H groups in total. The minimum Gasteiger partial charge on any atom is -0.381 e. The molecule has 64 valence electrons. The Morgan fingerprint density at radius 3 is 2.82 bits per heavy atom. The predicted octanol–water partition coefficient (Wildman–Crippen LogP) is 1.59. The highest BCUT2D eigenvalue weighted by Gasteiger charge is 2.27. The van der Waals surface area contributed by atoms with Crippen LogP contribution in [0.25, 0.3) is 0 Å². The van der Waals surface area contributed by atoms with Crippen LogP contribution in [0.1, 0.15) is 25.7 Å². The third kappa shape index (κ3) is 1.74. The standard InChI is InChI=1S/C9H16O2/c1-2-8-3-6-10-7-4-9(8)11-5-1/h8-9H,1-7H2. The average molecular weight is 156 g/mol. The minimum atomic E-state index is 0.520. The van der Waals surface area contributed by atoms with Crippen LogP contribution in [0.2, 0.25) is 0 Å². The Kier molecular flexibility index (Phi) is 2.44. The summed E-state index contributed by atoms with van der Waals surface area (Å²) in [7, 11) is 0. The van der Waals surface area contributed by atoms with Crippen LogP contribution in [-0.2, 0) is 9.47 Å². The van der Waals surface area contributed by atoms with Crippen molar-refractivity contribution in [1.29, 1.82) is 0 Å². The molecular weight excluding hydrogens is 140 g/mol. The number of hydrogen-bond donors (Lipinski definition) is 0. The second kappa shape index (κ2) is 3.55. The zero-order chi connectivity index (χ0) is 7.52. The topological polar surface area (TPSA) is 18.5 Å². The molecule has 0 spiro atoms. The number of ether oxygens (including phenoxy) is 2. The van der Waals surface area contributed by atoms with E-state index in [1.165, 1.54) is 19.3 Å². The zero-order valence-corrected chi connectivity index (χ0v) is 6.92. The molecule has 0 aromatic heterocycles. The highest BCUT2D eigenvalue weighted by Crippen LogP contribution is 2.27. The molecule has 2 nitrogen and oxygen atoms in total. The van der Waals surface area contributed by atoms with E-state index in [-0.39, 0.29) is 0 Å². The second-order valence-electron chi connectivity index (χ2n) is 3.50. The van der Waals surface area contributed by atoms with Gasteiger partial charge in [0.1, 0.15) is 0 Å². The summed E-state index contributed by atoms with van der Waals surface area (Å²) in [6, 6.07) is 0. The lowest BCUT2D eigenvalue weighted by molar-refractivity contribution is -0.0281. The smallest absolute Gasteiger partial charge is 0.0626 e. The SMILES string of the molecule is C1COC2CCOCCC2C1. The Labute approximate surface area is 67.9 Å². The van der Waals surface area contributed by atoms with Crippen molar-refractivity contribution in [1.82, 2.24) is 0 Å². The fourth-order valence-corrected chi connectivity index (χ4v) is 2.09. The summed E-state index contributed by atoms with van der Waals surface area (Å²) in [5.41, 5.74) is 0. The third-order valence-corrected chi connectivity index (χ3v) is 2.76. The quantitative estimate of drug-likeness (QED) is 0.530. The monoisotopic (exact) mass is 156 g/mol. The van der Waals surface area contributed by atoms with Crippen LogP contribution in [0.4, 0.5) is 0 Å². The molecule has 0 amide bonds. The van der Waals surface area contributed by atoms with Crippen LogP contribution < -0.4 is 0 Å². The summed E-state index contributed by atoms with van der Waals surface area (Å²) in [6.07, 6.45) is 5.45. The van der Waals surface area contributed by atoms with E-state index < -0.39 is 0 Å². The molecule has 0 aliphatic carbocycles. The van der Waals surface area contributed by atoms with Gasteiger partial charge in [-0.3, -0.25) is 0 Å². The second-order valence-corrected chi connectivity index (χ2v) is 3.50. The van der Waals surface area contributed by atoms with Gasteiger partial charge in [0.05, 0.1) is 6.10 Å². The lowest BCUT2D eigenvalue weighted by Gasteiger charge is -2.29. The first-order valence-corrected chi connectivity index (χ1v) is 4.66. The lowest BCUT2D eigenvalue weighted by Crippen LogP contribution is -2.29. The average Bonchev–Trinajstić information content (AvgIpc) is 2.28. The molecule has 2 heteroatoms. The highest BCUT2D eigenvalue weighted by atomic mass is 16.5. The molecule has 2 fully saturated rings. The Morgan fingerprint density at radius 1 is 0.909 bits per heavy atom. The van der Waals surface area contributed by atoms with Crippen molar-refractivity contribution in [3.05, 3.63) is 0 Å². The van der Waals surface area contributed by atoms with Crippen molar-refractivity contribution in [3.8, 4) is 0 Å². The van der Waals surface area contributed by atoms with Gasteiger partial charge in [-0.25, -0.2) is 0 Å². The highest BCUT2D eigenvalue weighted by molar-refractivity contribution is 4.76. The van der Waals surface area contributed by atoms with Gasteiger partial charge >= 0.3 is 0 Å². The normalized spacial score (nSPS) is 39.3. The van der Waals surface area contributed by atoms with Gasteiger partial charge in [0.15, 0.2) is 0 Å². The van der Waals surface area contributed by atoms with Crippen LogP contribution in [0.15, 0.2) is 0 Å². The van der Waals surface area contributed by atoms with Crippen molar-refractivity contribution in [2.24, 2.45) is 5.92 Å². The number of hydrogen-bond acceptors (Lipinski definition) is 2. The Hall–Kier alpha value is -0.0800. The Morgan fingerprint density at radius 2 is 1.82 bits per heavy atom. The predicted molar refractivity (Wildman–Crippen MR) is 42.5 cm³/mol. The summed E-state index contributed by atoms with van der Waals surface area (Å²) < 4.78 is 11.1. The molecule has 2 heterocycles. The van der Waals surface area contributed by atoms with Crippen LogP contribution in [0, 0.1) is 5.92 Å². The van der Waals surface area contributed by atoms with Gasteiger partial charge < -0.3 is 9.47 Å². The molecular formula is C9H16O2. The van der Waals surface area contributed by atoms with E-state index in [0.29, 0.717) is 6.10 Å². The first-order valence-electron chi connectivity index (χ1n) is 4.66. The molecule has 0 bridgehead atoms. The summed E-state index contributed by atoms with van der Waals surface area (Å²) in [4.78, 5) is 0. The molecule has 0 aromatic rings. The molecule has 0 saturated carbocycles. The maximum atomic E-state index is 5.68. The molecule has 11 heavy (non-hydrogen) atoms. The van der Waals surface area contributed by atoms with E-state index in [1.807, 2.05) is 0 Å².